The SMILES string of the molecule is Cc1nonc1C(C[N+]12CN3CN(CN(C3)C1)C2)=NO. The molecule has 108 valence electrons. The van der Waals surface area contributed by atoms with E-state index >= 15 is 0 Å². The van der Waals surface area contributed by atoms with Gasteiger partial charge in [-0.1, -0.05) is 10.3 Å². The van der Waals surface area contributed by atoms with E-state index in [0.717, 1.165) is 44.5 Å². The van der Waals surface area contributed by atoms with Crippen LogP contribution in [-0.2, 0) is 0 Å². The first-order valence-electron chi connectivity index (χ1n) is 6.70. The Kier molecular flexibility index (Phi) is 2.58. The lowest BCUT2D eigenvalue weighted by Gasteiger charge is -2.60. The summed E-state index contributed by atoms with van der Waals surface area (Å²) in [6, 6.07) is 0. The van der Waals surface area contributed by atoms with Gasteiger partial charge in [-0.3, -0.25) is 4.48 Å². The quantitative estimate of drug-likeness (QED) is 0.331. The molecule has 5 rings (SSSR count). The van der Waals surface area contributed by atoms with Gasteiger partial charge in [0.25, 0.3) is 0 Å². The molecule has 4 aliphatic rings. The summed E-state index contributed by atoms with van der Waals surface area (Å²) in [5.74, 6) is 0. The van der Waals surface area contributed by atoms with Crippen LogP contribution in [0.4, 0.5) is 0 Å². The van der Waals surface area contributed by atoms with E-state index in [1.54, 1.807) is 6.92 Å². The molecule has 1 aromatic heterocycles. The van der Waals surface area contributed by atoms with Crippen LogP contribution in [-0.4, -0.2) is 87.0 Å². The summed E-state index contributed by atoms with van der Waals surface area (Å²) in [6.45, 7) is 8.49. The Labute approximate surface area is 116 Å². The molecular formula is C11H18N7O2+. The van der Waals surface area contributed by atoms with Crippen LogP contribution in [0.15, 0.2) is 9.78 Å². The minimum absolute atomic E-state index is 0.550. The van der Waals surface area contributed by atoms with Crippen molar-refractivity contribution in [2.75, 3.05) is 46.6 Å². The van der Waals surface area contributed by atoms with Gasteiger partial charge in [0.15, 0.2) is 11.4 Å². The van der Waals surface area contributed by atoms with Crippen molar-refractivity contribution in [1.29, 1.82) is 0 Å². The van der Waals surface area contributed by atoms with E-state index in [-0.39, 0.29) is 0 Å². The molecule has 0 amide bonds. The van der Waals surface area contributed by atoms with E-state index in [1.807, 2.05) is 0 Å². The summed E-state index contributed by atoms with van der Waals surface area (Å²) in [5.41, 5.74) is 1.77. The summed E-state index contributed by atoms with van der Waals surface area (Å²) >= 11 is 0. The van der Waals surface area contributed by atoms with Crippen LogP contribution in [0, 0.1) is 6.92 Å². The van der Waals surface area contributed by atoms with Crippen molar-refractivity contribution in [3.8, 4) is 0 Å². The minimum Gasteiger partial charge on any atom is -0.410 e. The van der Waals surface area contributed by atoms with Gasteiger partial charge in [0, 0.05) is 0 Å². The number of quaternary nitrogens is 1. The molecule has 4 aliphatic heterocycles. The fraction of sp³-hybridized carbons (Fsp3) is 0.727. The van der Waals surface area contributed by atoms with Gasteiger partial charge in [-0.25, -0.2) is 19.3 Å². The summed E-state index contributed by atoms with van der Waals surface area (Å²) in [4.78, 5) is 7.25. The van der Waals surface area contributed by atoms with Crippen molar-refractivity contribution in [3.05, 3.63) is 11.4 Å². The molecule has 0 atom stereocenters. The summed E-state index contributed by atoms with van der Waals surface area (Å²) < 4.78 is 5.57. The number of oxime groups is 1. The fourth-order valence-electron chi connectivity index (χ4n) is 3.77. The van der Waals surface area contributed by atoms with Crippen molar-refractivity contribution in [2.45, 2.75) is 6.92 Å². The first kappa shape index (κ1) is 12.2. The van der Waals surface area contributed by atoms with E-state index in [9.17, 15) is 5.21 Å². The molecule has 0 saturated carbocycles. The Hall–Kier alpha value is -1.55. The van der Waals surface area contributed by atoms with Crippen LogP contribution >= 0.6 is 0 Å². The molecule has 0 spiro atoms. The second kappa shape index (κ2) is 4.22. The van der Waals surface area contributed by atoms with Gasteiger partial charge in [0.1, 0.15) is 32.2 Å². The highest BCUT2D eigenvalue weighted by atomic mass is 16.6. The Morgan fingerprint density at radius 3 is 2.25 bits per heavy atom. The smallest absolute Gasteiger partial charge is 0.165 e. The average Bonchev–Trinajstić information content (AvgIpc) is 2.80. The third kappa shape index (κ3) is 1.82. The molecule has 1 aromatic rings. The molecule has 4 fully saturated rings. The normalized spacial score (nSPS) is 39.5. The van der Waals surface area contributed by atoms with Crippen LogP contribution in [0.5, 0.6) is 0 Å². The number of hydrogen-bond acceptors (Lipinski definition) is 8. The zero-order valence-electron chi connectivity index (χ0n) is 11.4. The van der Waals surface area contributed by atoms with Crippen LogP contribution in [0.25, 0.3) is 0 Å². The number of aryl methyl sites for hydroxylation is 1. The van der Waals surface area contributed by atoms with E-state index in [4.69, 9.17) is 4.63 Å². The van der Waals surface area contributed by atoms with Crippen LogP contribution in [0.1, 0.15) is 11.4 Å². The van der Waals surface area contributed by atoms with Crippen LogP contribution in [0.3, 0.4) is 0 Å². The molecule has 4 bridgehead atoms. The molecule has 0 aliphatic carbocycles. The molecule has 9 nitrogen and oxygen atoms in total. The van der Waals surface area contributed by atoms with Gasteiger partial charge in [-0.2, -0.15) is 0 Å². The van der Waals surface area contributed by atoms with Gasteiger partial charge >= 0.3 is 0 Å². The van der Waals surface area contributed by atoms with Crippen molar-refractivity contribution in [3.63, 3.8) is 0 Å². The molecule has 4 saturated heterocycles. The van der Waals surface area contributed by atoms with Gasteiger partial charge in [0.2, 0.25) is 0 Å². The third-order valence-corrected chi connectivity index (χ3v) is 4.23. The van der Waals surface area contributed by atoms with Crippen molar-refractivity contribution < 1.29 is 14.3 Å². The van der Waals surface area contributed by atoms with E-state index in [2.05, 4.69) is 30.2 Å². The molecule has 0 unspecified atom stereocenters. The molecule has 5 heterocycles. The topological polar surface area (TPSA) is 81.2 Å². The molecule has 1 N–H and O–H groups in total. The monoisotopic (exact) mass is 280 g/mol. The Morgan fingerprint density at radius 2 is 1.80 bits per heavy atom. The fourth-order valence-corrected chi connectivity index (χ4v) is 3.77. The second-order valence-electron chi connectivity index (χ2n) is 6.11. The lowest BCUT2D eigenvalue weighted by molar-refractivity contribution is -0.972. The predicted molar refractivity (Wildman–Crippen MR) is 67.2 cm³/mol. The van der Waals surface area contributed by atoms with E-state index in [0.29, 0.717) is 23.6 Å². The largest absolute Gasteiger partial charge is 0.410 e. The first-order chi connectivity index (χ1) is 9.67. The predicted octanol–water partition coefficient (Wildman–Crippen LogP) is -0.935. The molecule has 20 heavy (non-hydrogen) atoms. The number of rotatable bonds is 3. The highest BCUT2D eigenvalue weighted by Crippen LogP contribution is 2.29. The van der Waals surface area contributed by atoms with Crippen molar-refractivity contribution in [2.24, 2.45) is 5.16 Å². The molecule has 0 radical (unpaired) electrons. The lowest BCUT2D eigenvalue weighted by atomic mass is 10.1. The van der Waals surface area contributed by atoms with Gasteiger partial charge in [-0.15, -0.1) is 0 Å². The Bertz CT molecular complexity index is 519. The molecule has 9 heteroatoms. The maximum atomic E-state index is 9.35. The highest BCUT2D eigenvalue weighted by molar-refractivity contribution is 6.00. The second-order valence-corrected chi connectivity index (χ2v) is 6.11. The van der Waals surface area contributed by atoms with E-state index < -0.39 is 0 Å². The van der Waals surface area contributed by atoms with Gasteiger partial charge < -0.3 is 5.21 Å². The van der Waals surface area contributed by atoms with Gasteiger partial charge in [0.05, 0.1) is 20.0 Å². The maximum absolute atomic E-state index is 9.35. The van der Waals surface area contributed by atoms with E-state index in [1.165, 1.54) is 0 Å². The lowest BCUT2D eigenvalue weighted by Crippen LogP contribution is -2.79. The molecular weight excluding hydrogens is 262 g/mol. The summed E-state index contributed by atoms with van der Waals surface area (Å²) in [7, 11) is 0. The Balaban J connectivity index is 1.60. The third-order valence-electron chi connectivity index (χ3n) is 4.23. The van der Waals surface area contributed by atoms with Crippen LogP contribution < -0.4 is 0 Å². The zero-order chi connectivity index (χ0) is 13.7. The number of nitrogens with zero attached hydrogens (tertiary/aromatic N) is 7. The summed E-state index contributed by atoms with van der Waals surface area (Å²) in [6.07, 6.45) is 0. The minimum atomic E-state index is 0.550. The first-order valence-corrected chi connectivity index (χ1v) is 6.70. The number of aromatic nitrogens is 2. The maximum Gasteiger partial charge on any atom is 0.165 e. The highest BCUT2D eigenvalue weighted by Gasteiger charge is 2.49. The zero-order valence-corrected chi connectivity index (χ0v) is 11.4. The number of hydrogen-bond donors (Lipinski definition) is 1. The van der Waals surface area contributed by atoms with Crippen LogP contribution in [0.2, 0.25) is 0 Å². The summed E-state index contributed by atoms with van der Waals surface area (Å²) in [5, 5.41) is 20.4. The Morgan fingerprint density at radius 1 is 1.20 bits per heavy atom. The average molecular weight is 280 g/mol. The van der Waals surface area contributed by atoms with Crippen molar-refractivity contribution in [1.82, 2.24) is 25.0 Å². The van der Waals surface area contributed by atoms with Crippen molar-refractivity contribution >= 4 is 5.71 Å². The van der Waals surface area contributed by atoms with Gasteiger partial charge in [-0.05, 0) is 12.1 Å². The standard InChI is InChI=1S/C11H17N7O2/c1-9-11(14-20-13-9)10(12-19)2-18-6-15-3-16(7-18)5-17(4-15)8-18/h2-8H2,1H3/p+1. The molecule has 0 aromatic carbocycles.